The molecule has 7 nitrogen and oxygen atoms in total. The van der Waals surface area contributed by atoms with Crippen LogP contribution in [0.25, 0.3) is 22.8 Å². The van der Waals surface area contributed by atoms with Crippen molar-refractivity contribution in [2.24, 2.45) is 0 Å². The van der Waals surface area contributed by atoms with Crippen LogP contribution in [0.4, 0.5) is 11.6 Å². The molecule has 4 aromatic rings. The van der Waals surface area contributed by atoms with Crippen LogP contribution in [0.3, 0.4) is 0 Å². The van der Waals surface area contributed by atoms with Gasteiger partial charge in [0.15, 0.2) is 11.6 Å². The molecule has 24 heavy (non-hydrogen) atoms. The molecule has 0 saturated heterocycles. The van der Waals surface area contributed by atoms with Crippen LogP contribution in [0, 0.1) is 0 Å². The van der Waals surface area contributed by atoms with Crippen molar-refractivity contribution in [3.8, 4) is 22.8 Å². The Labute approximate surface area is 137 Å². The number of hydrogen-bond donors (Lipinski definition) is 1. The van der Waals surface area contributed by atoms with Crippen LogP contribution in [-0.4, -0.2) is 24.9 Å². The molecule has 1 N–H and O–H groups in total. The molecule has 0 fully saturated rings. The quantitative estimate of drug-likeness (QED) is 0.617. The van der Waals surface area contributed by atoms with Gasteiger partial charge in [-0.05, 0) is 30.3 Å². The molecule has 4 aromatic heterocycles. The van der Waals surface area contributed by atoms with Crippen molar-refractivity contribution in [3.05, 3.63) is 67.6 Å². The zero-order valence-electron chi connectivity index (χ0n) is 12.5. The molecule has 0 aliphatic heterocycles. The zero-order chi connectivity index (χ0) is 16.2. The lowest BCUT2D eigenvalue weighted by Gasteiger charge is -2.05. The summed E-state index contributed by atoms with van der Waals surface area (Å²) < 4.78 is 5.32. The first-order chi connectivity index (χ1) is 11.9. The fraction of sp³-hybridized carbons (Fsp3) is 0. The third-order valence-corrected chi connectivity index (χ3v) is 3.26. The van der Waals surface area contributed by atoms with Gasteiger partial charge >= 0.3 is 0 Å². The number of hydrogen-bond acceptors (Lipinski definition) is 7. The summed E-state index contributed by atoms with van der Waals surface area (Å²) in [6.45, 7) is 0. The number of aromatic nitrogens is 5. The molecule has 0 radical (unpaired) electrons. The topological polar surface area (TPSA) is 89.6 Å². The van der Waals surface area contributed by atoms with E-state index in [-0.39, 0.29) is 0 Å². The summed E-state index contributed by atoms with van der Waals surface area (Å²) >= 11 is 0. The molecule has 0 bridgehead atoms. The predicted molar refractivity (Wildman–Crippen MR) is 88.3 cm³/mol. The molecular weight excluding hydrogens is 304 g/mol. The van der Waals surface area contributed by atoms with E-state index in [1.807, 2.05) is 18.2 Å². The Morgan fingerprint density at radius 3 is 2.54 bits per heavy atom. The first-order valence-corrected chi connectivity index (χ1v) is 7.25. The average Bonchev–Trinajstić information content (AvgIpc) is 3.18. The first kappa shape index (κ1) is 14.0. The van der Waals surface area contributed by atoms with E-state index in [2.05, 4.69) is 30.2 Å². The van der Waals surface area contributed by atoms with Crippen LogP contribution in [-0.2, 0) is 0 Å². The Morgan fingerprint density at radius 1 is 0.875 bits per heavy atom. The van der Waals surface area contributed by atoms with Gasteiger partial charge in [0.2, 0.25) is 5.95 Å². The summed E-state index contributed by atoms with van der Waals surface area (Å²) in [5.74, 6) is 1.63. The largest absolute Gasteiger partial charge is 0.461 e. The number of nitrogens with zero attached hydrogens (tertiary/aromatic N) is 5. The predicted octanol–water partition coefficient (Wildman–Crippen LogP) is 3.33. The lowest BCUT2D eigenvalue weighted by atomic mass is 10.2. The number of rotatable bonds is 4. The maximum atomic E-state index is 5.32. The fourth-order valence-electron chi connectivity index (χ4n) is 2.13. The molecule has 0 aliphatic carbocycles. The lowest BCUT2D eigenvalue weighted by Crippen LogP contribution is -1.98. The molecule has 0 aliphatic rings. The van der Waals surface area contributed by atoms with Gasteiger partial charge in [0.25, 0.3) is 0 Å². The minimum Gasteiger partial charge on any atom is -0.461 e. The van der Waals surface area contributed by atoms with E-state index in [0.717, 1.165) is 16.9 Å². The average molecular weight is 316 g/mol. The summed E-state index contributed by atoms with van der Waals surface area (Å²) in [5.41, 5.74) is 2.35. The molecule has 0 atom stereocenters. The van der Waals surface area contributed by atoms with Crippen LogP contribution < -0.4 is 5.32 Å². The summed E-state index contributed by atoms with van der Waals surface area (Å²) in [6.07, 6.45) is 10.1. The Hall–Kier alpha value is -3.61. The van der Waals surface area contributed by atoms with Gasteiger partial charge in [-0.3, -0.25) is 4.98 Å². The zero-order valence-corrected chi connectivity index (χ0v) is 12.5. The molecule has 0 unspecified atom stereocenters. The van der Waals surface area contributed by atoms with E-state index in [1.165, 1.54) is 0 Å². The third kappa shape index (κ3) is 2.95. The number of furan rings is 1. The summed E-state index contributed by atoms with van der Waals surface area (Å²) in [5, 5.41) is 3.08. The van der Waals surface area contributed by atoms with Gasteiger partial charge in [0, 0.05) is 30.4 Å². The van der Waals surface area contributed by atoms with Gasteiger partial charge in [-0.2, -0.15) is 0 Å². The van der Waals surface area contributed by atoms with E-state index in [1.54, 1.807) is 49.4 Å². The second-order valence-electron chi connectivity index (χ2n) is 4.90. The van der Waals surface area contributed by atoms with Crippen LogP contribution in [0.2, 0.25) is 0 Å². The van der Waals surface area contributed by atoms with Crippen molar-refractivity contribution in [3.63, 3.8) is 0 Å². The van der Waals surface area contributed by atoms with Crippen molar-refractivity contribution in [2.45, 2.75) is 0 Å². The minimum atomic E-state index is 0.493. The van der Waals surface area contributed by atoms with Gasteiger partial charge in [0.05, 0.1) is 23.8 Å². The van der Waals surface area contributed by atoms with E-state index in [9.17, 15) is 0 Å². The second-order valence-corrected chi connectivity index (χ2v) is 4.90. The van der Waals surface area contributed by atoms with Crippen LogP contribution >= 0.6 is 0 Å². The third-order valence-electron chi connectivity index (χ3n) is 3.26. The standard InChI is InChI=1S/C17H12N6O/c1-3-13(11-18-6-1)22-17-20-9-12(10-21-17)14-5-7-19-16(23-14)15-4-2-8-24-15/h1-11H,(H,20,21,22). The highest BCUT2D eigenvalue weighted by Crippen LogP contribution is 2.21. The number of pyridine rings is 1. The van der Waals surface area contributed by atoms with Crippen molar-refractivity contribution in [2.75, 3.05) is 5.32 Å². The molecule has 0 amide bonds. The monoisotopic (exact) mass is 316 g/mol. The number of anilines is 2. The molecule has 0 spiro atoms. The van der Waals surface area contributed by atoms with Gasteiger partial charge < -0.3 is 9.73 Å². The van der Waals surface area contributed by atoms with Gasteiger partial charge in [-0.25, -0.2) is 19.9 Å². The molecule has 4 rings (SSSR count). The van der Waals surface area contributed by atoms with E-state index in [0.29, 0.717) is 17.5 Å². The van der Waals surface area contributed by atoms with Crippen LogP contribution in [0.5, 0.6) is 0 Å². The minimum absolute atomic E-state index is 0.493. The lowest BCUT2D eigenvalue weighted by molar-refractivity contribution is 0.577. The Bertz CT molecular complexity index is 923. The maximum absolute atomic E-state index is 5.32. The Kier molecular flexibility index (Phi) is 3.65. The van der Waals surface area contributed by atoms with Crippen molar-refractivity contribution in [1.82, 2.24) is 24.9 Å². The highest BCUT2D eigenvalue weighted by molar-refractivity contribution is 5.61. The van der Waals surface area contributed by atoms with Crippen molar-refractivity contribution in [1.29, 1.82) is 0 Å². The first-order valence-electron chi connectivity index (χ1n) is 7.25. The molecule has 0 saturated carbocycles. The van der Waals surface area contributed by atoms with Crippen molar-refractivity contribution < 1.29 is 4.42 Å². The summed E-state index contributed by atoms with van der Waals surface area (Å²) in [4.78, 5) is 21.4. The van der Waals surface area contributed by atoms with E-state index >= 15 is 0 Å². The smallest absolute Gasteiger partial charge is 0.227 e. The Morgan fingerprint density at radius 2 is 1.79 bits per heavy atom. The summed E-state index contributed by atoms with van der Waals surface area (Å²) in [7, 11) is 0. The van der Waals surface area contributed by atoms with E-state index in [4.69, 9.17) is 4.42 Å². The van der Waals surface area contributed by atoms with Gasteiger partial charge in [0.1, 0.15) is 0 Å². The van der Waals surface area contributed by atoms with E-state index < -0.39 is 0 Å². The fourth-order valence-corrected chi connectivity index (χ4v) is 2.13. The van der Waals surface area contributed by atoms with Crippen LogP contribution in [0.1, 0.15) is 0 Å². The summed E-state index contributed by atoms with van der Waals surface area (Å²) in [6, 6.07) is 9.15. The molecule has 4 heterocycles. The molecule has 0 aromatic carbocycles. The highest BCUT2D eigenvalue weighted by atomic mass is 16.3. The SMILES string of the molecule is c1cncc(Nc2ncc(-c3ccnc(-c4ccco4)n3)cn2)c1. The molecular formula is C17H12N6O. The van der Waals surface area contributed by atoms with Gasteiger partial charge in [-0.1, -0.05) is 0 Å². The van der Waals surface area contributed by atoms with Crippen molar-refractivity contribution >= 4 is 11.6 Å². The normalized spacial score (nSPS) is 10.5. The Balaban J connectivity index is 1.58. The second kappa shape index (κ2) is 6.25. The maximum Gasteiger partial charge on any atom is 0.227 e. The molecule has 7 heteroatoms. The van der Waals surface area contributed by atoms with Crippen LogP contribution in [0.15, 0.2) is 72.0 Å². The van der Waals surface area contributed by atoms with Gasteiger partial charge in [-0.15, -0.1) is 0 Å². The molecule has 116 valence electrons. The highest BCUT2D eigenvalue weighted by Gasteiger charge is 2.08. The number of nitrogens with one attached hydrogen (secondary N) is 1.